The second-order valence-corrected chi connectivity index (χ2v) is 11.8. The van der Waals surface area contributed by atoms with Gasteiger partial charge in [-0.3, -0.25) is 23.6 Å². The van der Waals surface area contributed by atoms with Crippen molar-refractivity contribution in [3.05, 3.63) is 78.9 Å². The Balaban J connectivity index is 1.27. The number of carbonyl (C=O) groups is 1. The van der Waals surface area contributed by atoms with E-state index in [0.29, 0.717) is 12.4 Å². The third-order valence-electron chi connectivity index (χ3n) is 7.95. The lowest BCUT2D eigenvalue weighted by Gasteiger charge is -2.19. The summed E-state index contributed by atoms with van der Waals surface area (Å²) in [5, 5.41) is 12.6. The molecule has 0 bridgehead atoms. The van der Waals surface area contributed by atoms with Gasteiger partial charge in [-0.1, -0.05) is 39.0 Å². The third kappa shape index (κ3) is 4.62. The highest BCUT2D eigenvalue weighted by molar-refractivity contribution is 6.06. The van der Waals surface area contributed by atoms with Crippen molar-refractivity contribution < 1.29 is 4.79 Å². The number of pyridine rings is 2. The number of benzene rings is 2. The van der Waals surface area contributed by atoms with Crippen molar-refractivity contribution in [2.45, 2.75) is 39.0 Å². The van der Waals surface area contributed by atoms with E-state index in [1.165, 1.54) is 5.56 Å². The maximum absolute atomic E-state index is 12.4. The van der Waals surface area contributed by atoms with Gasteiger partial charge in [0, 0.05) is 22.8 Å². The molecule has 0 spiro atoms. The minimum atomic E-state index is -0.0258. The molecule has 9 nitrogen and oxygen atoms in total. The predicted molar refractivity (Wildman–Crippen MR) is 161 cm³/mol. The fourth-order valence-corrected chi connectivity index (χ4v) is 5.73. The van der Waals surface area contributed by atoms with Crippen molar-refractivity contribution in [1.29, 1.82) is 0 Å². The summed E-state index contributed by atoms with van der Waals surface area (Å²) in [5.74, 6) is 1.27. The number of aromatic nitrogens is 6. The highest BCUT2D eigenvalue weighted by Gasteiger charge is 2.20. The number of nitrogens with zero attached hydrogens (tertiary/aromatic N) is 7. The zero-order valence-electron chi connectivity index (χ0n) is 23.5. The van der Waals surface area contributed by atoms with Crippen molar-refractivity contribution in [3.63, 3.8) is 0 Å². The second-order valence-electron chi connectivity index (χ2n) is 11.8. The van der Waals surface area contributed by atoms with Gasteiger partial charge in [0.15, 0.2) is 0 Å². The molecule has 9 heteroatoms. The van der Waals surface area contributed by atoms with Gasteiger partial charge in [-0.2, -0.15) is 0 Å². The number of carbonyl (C=O) groups excluding carboxylic acids is 1. The van der Waals surface area contributed by atoms with Crippen molar-refractivity contribution >= 4 is 39.4 Å². The first-order chi connectivity index (χ1) is 19.8. The van der Waals surface area contributed by atoms with Crippen LogP contribution in [0.3, 0.4) is 0 Å². The molecule has 0 atom stereocenters. The summed E-state index contributed by atoms with van der Waals surface area (Å²) in [4.78, 5) is 23.9. The molecule has 7 rings (SSSR count). The normalized spacial score (nSPS) is 14.4. The number of hydrogen-bond acceptors (Lipinski definition) is 6. The molecule has 41 heavy (non-hydrogen) atoms. The monoisotopic (exact) mass is 544 g/mol. The van der Waals surface area contributed by atoms with E-state index in [-0.39, 0.29) is 11.3 Å². The summed E-state index contributed by atoms with van der Waals surface area (Å²) in [7, 11) is 0. The van der Waals surface area contributed by atoms with E-state index in [0.717, 1.165) is 70.5 Å². The van der Waals surface area contributed by atoms with Crippen LogP contribution in [0.15, 0.2) is 73.3 Å². The molecule has 1 saturated heterocycles. The highest BCUT2D eigenvalue weighted by Crippen LogP contribution is 2.33. The first-order valence-corrected chi connectivity index (χ1v) is 14.1. The standard InChI is InChI=1S/C32H32N8O/c1-32(2,3)23-8-10-24(11-9-23)40-30-25-16-21(6-12-26(25)33-18-27(30)39-20-35-37-31(39)40)22-7-13-28(34-17-22)36-29(41)19-38-14-4-5-15-38/h6-13,16-18,20H,4-5,14-15,19H2,1-3H3,(H,34,36,41). The molecule has 0 radical (unpaired) electrons. The van der Waals surface area contributed by atoms with Gasteiger partial charge < -0.3 is 5.32 Å². The molecule has 0 aliphatic carbocycles. The molecule has 1 amide bonds. The number of nitrogens with one attached hydrogen (secondary N) is 1. The highest BCUT2D eigenvalue weighted by atomic mass is 16.2. The lowest BCUT2D eigenvalue weighted by molar-refractivity contribution is -0.117. The van der Waals surface area contributed by atoms with Crippen LogP contribution in [-0.2, 0) is 10.2 Å². The second kappa shape index (κ2) is 9.78. The lowest BCUT2D eigenvalue weighted by atomic mass is 9.87. The number of likely N-dealkylation sites (tertiary alicyclic amines) is 1. The molecule has 0 unspecified atom stereocenters. The maximum atomic E-state index is 12.4. The van der Waals surface area contributed by atoms with Gasteiger partial charge in [-0.15, -0.1) is 10.2 Å². The summed E-state index contributed by atoms with van der Waals surface area (Å²) in [5.41, 5.74) is 7.16. The molecule has 206 valence electrons. The summed E-state index contributed by atoms with van der Waals surface area (Å²) in [6.07, 6.45) is 7.74. The van der Waals surface area contributed by atoms with Gasteiger partial charge >= 0.3 is 0 Å². The van der Waals surface area contributed by atoms with E-state index in [2.05, 4.69) is 87.1 Å². The van der Waals surface area contributed by atoms with E-state index in [1.54, 1.807) is 12.5 Å². The first kappa shape index (κ1) is 25.3. The van der Waals surface area contributed by atoms with Crippen LogP contribution in [0.1, 0.15) is 39.2 Å². The topological polar surface area (TPSA) is 93.2 Å². The molecular formula is C32H32N8O. The van der Waals surface area contributed by atoms with Crippen LogP contribution in [0.5, 0.6) is 0 Å². The Morgan fingerprint density at radius 2 is 1.71 bits per heavy atom. The summed E-state index contributed by atoms with van der Waals surface area (Å²) in [6, 6.07) is 18.8. The molecule has 6 aromatic rings. The number of fused-ring (bicyclic) bond motifs is 5. The van der Waals surface area contributed by atoms with Crippen LogP contribution in [0.2, 0.25) is 0 Å². The Hall–Kier alpha value is -4.63. The summed E-state index contributed by atoms with van der Waals surface area (Å²) >= 11 is 0. The molecule has 5 heterocycles. The number of rotatable bonds is 5. The Morgan fingerprint density at radius 1 is 0.927 bits per heavy atom. The Kier molecular flexibility index (Phi) is 6.04. The van der Waals surface area contributed by atoms with Crippen LogP contribution in [0.25, 0.3) is 44.5 Å². The summed E-state index contributed by atoms with van der Waals surface area (Å²) < 4.78 is 4.13. The Bertz CT molecular complexity index is 1890. The van der Waals surface area contributed by atoms with E-state index < -0.39 is 0 Å². The quantitative estimate of drug-likeness (QED) is 0.303. The van der Waals surface area contributed by atoms with Crippen LogP contribution in [0, 0.1) is 0 Å². The van der Waals surface area contributed by atoms with Gasteiger partial charge in [0.2, 0.25) is 11.7 Å². The van der Waals surface area contributed by atoms with Crippen molar-refractivity contribution in [3.8, 4) is 16.8 Å². The molecule has 0 saturated carbocycles. The zero-order valence-corrected chi connectivity index (χ0v) is 23.5. The molecule has 1 aliphatic rings. The van der Waals surface area contributed by atoms with Gasteiger partial charge in [-0.25, -0.2) is 4.98 Å². The molecule has 2 aromatic carbocycles. The van der Waals surface area contributed by atoms with E-state index in [1.807, 2.05) is 28.8 Å². The summed E-state index contributed by atoms with van der Waals surface area (Å²) in [6.45, 7) is 9.03. The van der Waals surface area contributed by atoms with E-state index >= 15 is 0 Å². The van der Waals surface area contributed by atoms with Crippen LogP contribution in [0.4, 0.5) is 5.82 Å². The molecule has 1 aliphatic heterocycles. The largest absolute Gasteiger partial charge is 0.310 e. The van der Waals surface area contributed by atoms with Crippen molar-refractivity contribution in [2.24, 2.45) is 0 Å². The molecule has 1 N–H and O–H groups in total. The fourth-order valence-electron chi connectivity index (χ4n) is 5.73. The molecule has 4 aromatic heterocycles. The Labute approximate surface area is 237 Å². The average molecular weight is 545 g/mol. The smallest absolute Gasteiger partial charge is 0.241 e. The maximum Gasteiger partial charge on any atom is 0.241 e. The van der Waals surface area contributed by atoms with Crippen LogP contribution >= 0.6 is 0 Å². The predicted octanol–water partition coefficient (Wildman–Crippen LogP) is 5.62. The van der Waals surface area contributed by atoms with Crippen molar-refractivity contribution in [2.75, 3.05) is 25.0 Å². The van der Waals surface area contributed by atoms with Gasteiger partial charge in [0.05, 0.1) is 29.3 Å². The minimum absolute atomic E-state index is 0.0258. The lowest BCUT2D eigenvalue weighted by Crippen LogP contribution is -2.31. The molecule has 1 fully saturated rings. The van der Waals surface area contributed by atoms with Gasteiger partial charge in [-0.05, 0) is 78.9 Å². The van der Waals surface area contributed by atoms with Crippen LogP contribution in [-0.4, -0.2) is 59.6 Å². The zero-order chi connectivity index (χ0) is 28.1. The average Bonchev–Trinajstić information content (AvgIpc) is 3.71. The van der Waals surface area contributed by atoms with Gasteiger partial charge in [0.1, 0.15) is 12.1 Å². The number of anilines is 1. The van der Waals surface area contributed by atoms with Crippen molar-refractivity contribution in [1.82, 2.24) is 34.0 Å². The SMILES string of the molecule is CC(C)(C)c1ccc(-n2c3c4cc(-c5ccc(NC(=O)CN6CCCC6)nc5)ccc4ncc3n3cnnc23)cc1. The fraction of sp³-hybridized carbons (Fsp3) is 0.281. The number of hydrogen-bond donors (Lipinski definition) is 1. The van der Waals surface area contributed by atoms with E-state index in [9.17, 15) is 4.79 Å². The minimum Gasteiger partial charge on any atom is -0.310 e. The number of amides is 1. The third-order valence-corrected chi connectivity index (χ3v) is 7.95. The molecular weight excluding hydrogens is 512 g/mol. The first-order valence-electron chi connectivity index (χ1n) is 14.1. The number of imidazole rings is 1. The van der Waals surface area contributed by atoms with Gasteiger partial charge in [0.25, 0.3) is 0 Å². The van der Waals surface area contributed by atoms with Crippen LogP contribution < -0.4 is 5.32 Å². The Morgan fingerprint density at radius 3 is 2.44 bits per heavy atom. The van der Waals surface area contributed by atoms with E-state index in [4.69, 9.17) is 4.98 Å².